The standard InChI is InChI=1S/C31H52O2/c1-4-6-7-8-9-10-11-22-32-29-18-14-27(15-19-29)24-33-30-20-21-31(25(3)23-30)28-16-12-26(5-2)13-17-28/h20-21,23,26-29H,4-19,22,24H2,1-3H3. The van der Waals surface area contributed by atoms with Gasteiger partial charge in [-0.15, -0.1) is 0 Å². The molecule has 3 rings (SSSR count). The number of ether oxygens (including phenoxy) is 2. The molecule has 0 heterocycles. The number of aryl methyl sites for hydroxylation is 1. The molecule has 2 saturated carbocycles. The molecular formula is C31H52O2. The van der Waals surface area contributed by atoms with Crippen molar-refractivity contribution >= 4 is 0 Å². The average molecular weight is 457 g/mol. The Kier molecular flexibility index (Phi) is 12.1. The van der Waals surface area contributed by atoms with E-state index in [1.807, 2.05) is 0 Å². The number of hydrogen-bond acceptors (Lipinski definition) is 2. The van der Waals surface area contributed by atoms with Crippen LogP contribution < -0.4 is 4.74 Å². The molecule has 1 aromatic rings. The Bertz CT molecular complexity index is 638. The fourth-order valence-electron chi connectivity index (χ4n) is 6.07. The third-order valence-electron chi connectivity index (χ3n) is 8.49. The van der Waals surface area contributed by atoms with Crippen molar-refractivity contribution in [3.05, 3.63) is 29.3 Å². The average Bonchev–Trinajstić information content (AvgIpc) is 2.85. The summed E-state index contributed by atoms with van der Waals surface area (Å²) in [6, 6.07) is 6.87. The van der Waals surface area contributed by atoms with Crippen molar-refractivity contribution < 1.29 is 9.47 Å². The van der Waals surface area contributed by atoms with Crippen molar-refractivity contribution in [1.29, 1.82) is 0 Å². The van der Waals surface area contributed by atoms with Crippen LogP contribution in [0.15, 0.2) is 18.2 Å². The fourth-order valence-corrected chi connectivity index (χ4v) is 6.07. The van der Waals surface area contributed by atoms with Gasteiger partial charge in [-0.3, -0.25) is 0 Å². The van der Waals surface area contributed by atoms with Gasteiger partial charge in [-0.1, -0.05) is 64.9 Å². The molecule has 2 aliphatic carbocycles. The summed E-state index contributed by atoms with van der Waals surface area (Å²) in [6.45, 7) is 8.74. The number of hydrogen-bond donors (Lipinski definition) is 0. The van der Waals surface area contributed by atoms with Gasteiger partial charge in [0.2, 0.25) is 0 Å². The van der Waals surface area contributed by atoms with Gasteiger partial charge in [0.15, 0.2) is 0 Å². The van der Waals surface area contributed by atoms with E-state index in [1.165, 1.54) is 108 Å². The molecule has 2 nitrogen and oxygen atoms in total. The zero-order chi connectivity index (χ0) is 23.3. The van der Waals surface area contributed by atoms with E-state index < -0.39 is 0 Å². The number of benzene rings is 1. The molecule has 0 atom stereocenters. The van der Waals surface area contributed by atoms with Crippen LogP contribution in [0.4, 0.5) is 0 Å². The molecule has 188 valence electrons. The third-order valence-corrected chi connectivity index (χ3v) is 8.49. The topological polar surface area (TPSA) is 18.5 Å². The molecule has 0 unspecified atom stereocenters. The monoisotopic (exact) mass is 456 g/mol. The lowest BCUT2D eigenvalue weighted by atomic mass is 9.77. The van der Waals surface area contributed by atoms with Crippen molar-refractivity contribution in [3.63, 3.8) is 0 Å². The van der Waals surface area contributed by atoms with Crippen molar-refractivity contribution in [1.82, 2.24) is 0 Å². The highest BCUT2D eigenvalue weighted by Gasteiger charge is 2.24. The van der Waals surface area contributed by atoms with Gasteiger partial charge < -0.3 is 9.47 Å². The third kappa shape index (κ3) is 9.27. The normalized spacial score (nSPS) is 25.8. The Labute approximate surface area is 205 Å². The van der Waals surface area contributed by atoms with Gasteiger partial charge in [-0.05, 0) is 106 Å². The maximum atomic E-state index is 6.25. The summed E-state index contributed by atoms with van der Waals surface area (Å²) in [5.41, 5.74) is 2.99. The number of unbranched alkanes of at least 4 members (excludes halogenated alkanes) is 6. The first kappa shape index (κ1) is 26.6. The summed E-state index contributed by atoms with van der Waals surface area (Å²) in [6.07, 6.45) is 21.8. The molecular weight excluding hydrogens is 404 g/mol. The van der Waals surface area contributed by atoms with Crippen molar-refractivity contribution in [3.8, 4) is 5.75 Å². The van der Waals surface area contributed by atoms with E-state index in [0.29, 0.717) is 12.0 Å². The molecule has 0 aromatic heterocycles. The smallest absolute Gasteiger partial charge is 0.119 e. The second-order valence-corrected chi connectivity index (χ2v) is 11.1. The minimum atomic E-state index is 0.491. The molecule has 2 fully saturated rings. The zero-order valence-electron chi connectivity index (χ0n) is 22.1. The molecule has 1 aromatic carbocycles. The first-order valence-electron chi connectivity index (χ1n) is 14.5. The van der Waals surface area contributed by atoms with Crippen LogP contribution >= 0.6 is 0 Å². The van der Waals surface area contributed by atoms with Crippen LogP contribution in [-0.4, -0.2) is 19.3 Å². The summed E-state index contributed by atoms with van der Waals surface area (Å²) in [4.78, 5) is 0. The second-order valence-electron chi connectivity index (χ2n) is 11.1. The fraction of sp³-hybridized carbons (Fsp3) is 0.806. The predicted octanol–water partition coefficient (Wildman–Crippen LogP) is 9.38. The quantitative estimate of drug-likeness (QED) is 0.260. The van der Waals surface area contributed by atoms with Crippen molar-refractivity contribution in [2.24, 2.45) is 11.8 Å². The molecule has 2 aliphatic rings. The zero-order valence-corrected chi connectivity index (χ0v) is 22.1. The maximum Gasteiger partial charge on any atom is 0.119 e. The maximum absolute atomic E-state index is 6.25. The lowest BCUT2D eigenvalue weighted by Crippen LogP contribution is -2.25. The van der Waals surface area contributed by atoms with Crippen molar-refractivity contribution in [2.45, 2.75) is 136 Å². The van der Waals surface area contributed by atoms with E-state index in [1.54, 1.807) is 5.56 Å². The van der Waals surface area contributed by atoms with Gasteiger partial charge in [0.1, 0.15) is 5.75 Å². The second kappa shape index (κ2) is 15.1. The lowest BCUT2D eigenvalue weighted by molar-refractivity contribution is 0.0110. The van der Waals surface area contributed by atoms with E-state index in [0.717, 1.165) is 30.8 Å². The van der Waals surface area contributed by atoms with Gasteiger partial charge >= 0.3 is 0 Å². The summed E-state index contributed by atoms with van der Waals surface area (Å²) < 4.78 is 12.4. The first-order chi connectivity index (χ1) is 16.2. The molecule has 2 heteroatoms. The molecule has 0 amide bonds. The van der Waals surface area contributed by atoms with Crippen LogP contribution in [0.5, 0.6) is 5.75 Å². The van der Waals surface area contributed by atoms with Crippen LogP contribution in [0, 0.1) is 18.8 Å². The lowest BCUT2D eigenvalue weighted by Gasteiger charge is -2.30. The summed E-state index contributed by atoms with van der Waals surface area (Å²) >= 11 is 0. The Morgan fingerprint density at radius 3 is 2.09 bits per heavy atom. The van der Waals surface area contributed by atoms with Crippen LogP contribution in [0.25, 0.3) is 0 Å². The number of rotatable bonds is 14. The summed E-state index contributed by atoms with van der Waals surface area (Å²) in [5.74, 6) is 3.48. The largest absolute Gasteiger partial charge is 0.493 e. The molecule has 0 spiro atoms. The Morgan fingerprint density at radius 1 is 0.758 bits per heavy atom. The molecule has 0 N–H and O–H groups in total. The Hall–Kier alpha value is -1.02. The van der Waals surface area contributed by atoms with Gasteiger partial charge in [0, 0.05) is 6.61 Å². The van der Waals surface area contributed by atoms with Gasteiger partial charge in [0.25, 0.3) is 0 Å². The summed E-state index contributed by atoms with van der Waals surface area (Å²) in [5, 5.41) is 0. The highest BCUT2D eigenvalue weighted by Crippen LogP contribution is 2.39. The van der Waals surface area contributed by atoms with Gasteiger partial charge in [0.05, 0.1) is 12.7 Å². The Morgan fingerprint density at radius 2 is 1.42 bits per heavy atom. The minimum Gasteiger partial charge on any atom is -0.493 e. The van der Waals surface area contributed by atoms with Crippen LogP contribution in [0.1, 0.15) is 134 Å². The predicted molar refractivity (Wildman–Crippen MR) is 141 cm³/mol. The van der Waals surface area contributed by atoms with E-state index >= 15 is 0 Å². The first-order valence-corrected chi connectivity index (χ1v) is 14.5. The van der Waals surface area contributed by atoms with E-state index in [-0.39, 0.29) is 0 Å². The molecule has 0 bridgehead atoms. The van der Waals surface area contributed by atoms with Crippen molar-refractivity contribution in [2.75, 3.05) is 13.2 Å². The van der Waals surface area contributed by atoms with Crippen LogP contribution in [-0.2, 0) is 4.74 Å². The molecule has 0 saturated heterocycles. The summed E-state index contributed by atoms with van der Waals surface area (Å²) in [7, 11) is 0. The SMILES string of the molecule is CCCCCCCCCOC1CCC(COc2ccc(C3CCC(CC)CC3)c(C)c2)CC1. The van der Waals surface area contributed by atoms with E-state index in [4.69, 9.17) is 9.47 Å². The van der Waals surface area contributed by atoms with Gasteiger partial charge in [-0.2, -0.15) is 0 Å². The van der Waals surface area contributed by atoms with Crippen LogP contribution in [0.2, 0.25) is 0 Å². The molecule has 33 heavy (non-hydrogen) atoms. The Balaban J connectivity index is 1.28. The van der Waals surface area contributed by atoms with E-state index in [9.17, 15) is 0 Å². The minimum absolute atomic E-state index is 0.491. The highest BCUT2D eigenvalue weighted by molar-refractivity contribution is 5.37. The molecule has 0 aliphatic heterocycles. The highest BCUT2D eigenvalue weighted by atomic mass is 16.5. The van der Waals surface area contributed by atoms with E-state index in [2.05, 4.69) is 39.0 Å². The van der Waals surface area contributed by atoms with Gasteiger partial charge in [-0.25, -0.2) is 0 Å². The molecule has 0 radical (unpaired) electrons. The van der Waals surface area contributed by atoms with Crippen LogP contribution in [0.3, 0.4) is 0 Å².